The molecule has 1 atom stereocenters. The maximum Gasteiger partial charge on any atom is 0.0848 e. The smallest absolute Gasteiger partial charge is 0.0848 e. The zero-order chi connectivity index (χ0) is 10.7. The average Bonchev–Trinajstić information content (AvgIpc) is 2.79. The molecule has 2 rings (SSSR count). The van der Waals surface area contributed by atoms with Gasteiger partial charge in [0.1, 0.15) is 0 Å². The van der Waals surface area contributed by atoms with Gasteiger partial charge in [0, 0.05) is 5.54 Å². The molecule has 0 amide bonds. The van der Waals surface area contributed by atoms with Crippen molar-refractivity contribution in [2.75, 3.05) is 13.1 Å². The van der Waals surface area contributed by atoms with Crippen LogP contribution in [-0.2, 0) is 0 Å². The van der Waals surface area contributed by atoms with Crippen molar-refractivity contribution < 1.29 is 0 Å². The highest BCUT2D eigenvalue weighted by Crippen LogP contribution is 2.38. The molecular weight excluding hydrogens is 184 g/mol. The zero-order valence-electron chi connectivity index (χ0n) is 9.54. The van der Waals surface area contributed by atoms with Crippen LogP contribution in [0.4, 0.5) is 0 Å². The van der Waals surface area contributed by atoms with Gasteiger partial charge in [-0.15, -0.1) is 6.42 Å². The van der Waals surface area contributed by atoms with Crippen LogP contribution in [0.5, 0.6) is 0 Å². The number of terminal acetylenes is 1. The molecule has 1 heterocycles. The summed E-state index contributed by atoms with van der Waals surface area (Å²) in [6.45, 7) is 2.41. The largest absolute Gasteiger partial charge is 0.316 e. The van der Waals surface area contributed by atoms with Crippen molar-refractivity contribution in [1.29, 1.82) is 0 Å². The summed E-state index contributed by atoms with van der Waals surface area (Å²) in [5.41, 5.74) is 6.31. The predicted molar refractivity (Wildman–Crippen MR) is 63.4 cm³/mol. The van der Waals surface area contributed by atoms with Crippen LogP contribution >= 0.6 is 0 Å². The van der Waals surface area contributed by atoms with E-state index in [-0.39, 0.29) is 11.6 Å². The Morgan fingerprint density at radius 1 is 1.07 bits per heavy atom. The number of piperidine rings is 1. The Kier molecular flexibility index (Phi) is 3.33. The number of nitrogens with two attached hydrogens (primary N) is 1. The molecule has 2 aliphatic rings. The molecule has 1 saturated carbocycles. The maximum atomic E-state index is 6.17. The summed E-state index contributed by atoms with van der Waals surface area (Å²) in [7, 11) is 0. The first-order valence-electron chi connectivity index (χ1n) is 6.26. The minimum absolute atomic E-state index is 0.0712. The Morgan fingerprint density at radius 2 is 1.67 bits per heavy atom. The van der Waals surface area contributed by atoms with Crippen molar-refractivity contribution in [3.8, 4) is 12.3 Å². The Hall–Kier alpha value is -0.520. The summed E-state index contributed by atoms with van der Waals surface area (Å²) in [5, 5.41) is 0. The van der Waals surface area contributed by atoms with Gasteiger partial charge in [-0.05, 0) is 38.8 Å². The van der Waals surface area contributed by atoms with Gasteiger partial charge in [-0.3, -0.25) is 4.90 Å². The van der Waals surface area contributed by atoms with Crippen LogP contribution in [0.15, 0.2) is 0 Å². The van der Waals surface area contributed by atoms with E-state index in [1.165, 1.54) is 58.0 Å². The predicted octanol–water partition coefficient (Wildman–Crippen LogP) is 1.75. The highest BCUT2D eigenvalue weighted by Gasteiger charge is 2.43. The lowest BCUT2D eigenvalue weighted by atomic mass is 9.85. The number of nitrogens with zero attached hydrogens (tertiary/aromatic N) is 1. The molecule has 0 bridgehead atoms. The van der Waals surface area contributed by atoms with Gasteiger partial charge in [-0.25, -0.2) is 0 Å². The van der Waals surface area contributed by atoms with E-state index in [9.17, 15) is 0 Å². The van der Waals surface area contributed by atoms with E-state index in [2.05, 4.69) is 10.8 Å². The van der Waals surface area contributed by atoms with Crippen LogP contribution in [-0.4, -0.2) is 29.6 Å². The first-order chi connectivity index (χ1) is 7.29. The molecule has 15 heavy (non-hydrogen) atoms. The molecule has 1 saturated heterocycles. The van der Waals surface area contributed by atoms with Crippen molar-refractivity contribution in [3.63, 3.8) is 0 Å². The van der Waals surface area contributed by atoms with Gasteiger partial charge < -0.3 is 5.73 Å². The number of rotatable bonds is 2. The third-order valence-corrected chi connectivity index (χ3v) is 4.21. The molecule has 0 aromatic heterocycles. The number of likely N-dealkylation sites (tertiary alicyclic amines) is 1. The first-order valence-corrected chi connectivity index (χ1v) is 6.26. The van der Waals surface area contributed by atoms with Crippen LogP contribution in [0.1, 0.15) is 44.9 Å². The lowest BCUT2D eigenvalue weighted by Gasteiger charge is -2.45. The number of hydrogen-bond acceptors (Lipinski definition) is 2. The van der Waals surface area contributed by atoms with Crippen LogP contribution in [0.25, 0.3) is 0 Å². The van der Waals surface area contributed by atoms with Crippen LogP contribution in [0.2, 0.25) is 0 Å². The van der Waals surface area contributed by atoms with E-state index >= 15 is 0 Å². The van der Waals surface area contributed by atoms with Gasteiger partial charge in [0.15, 0.2) is 0 Å². The van der Waals surface area contributed by atoms with Crippen LogP contribution in [0.3, 0.4) is 0 Å². The van der Waals surface area contributed by atoms with Gasteiger partial charge in [0.05, 0.1) is 6.04 Å². The van der Waals surface area contributed by atoms with Crippen LogP contribution in [0, 0.1) is 12.3 Å². The molecule has 1 aliphatic carbocycles. The Morgan fingerprint density at radius 3 is 2.20 bits per heavy atom. The van der Waals surface area contributed by atoms with E-state index in [1.54, 1.807) is 0 Å². The average molecular weight is 206 g/mol. The number of hydrogen-bond donors (Lipinski definition) is 1. The third-order valence-electron chi connectivity index (χ3n) is 4.21. The Bertz CT molecular complexity index is 242. The monoisotopic (exact) mass is 206 g/mol. The fourth-order valence-electron chi connectivity index (χ4n) is 3.31. The fourth-order valence-corrected chi connectivity index (χ4v) is 3.31. The summed E-state index contributed by atoms with van der Waals surface area (Å²) < 4.78 is 0. The van der Waals surface area contributed by atoms with Gasteiger partial charge in [0.2, 0.25) is 0 Å². The highest BCUT2D eigenvalue weighted by molar-refractivity contribution is 5.14. The molecular formula is C13H22N2. The fraction of sp³-hybridized carbons (Fsp3) is 0.846. The second-order valence-corrected chi connectivity index (χ2v) is 5.00. The zero-order valence-corrected chi connectivity index (χ0v) is 9.54. The molecule has 2 fully saturated rings. The van der Waals surface area contributed by atoms with Gasteiger partial charge in [-0.1, -0.05) is 25.2 Å². The Balaban J connectivity index is 2.14. The normalized spacial score (nSPS) is 28.5. The molecule has 0 radical (unpaired) electrons. The molecule has 84 valence electrons. The van der Waals surface area contributed by atoms with Gasteiger partial charge >= 0.3 is 0 Å². The molecule has 1 aliphatic heterocycles. The SMILES string of the molecule is C#CC(N)C1(N2CCCCC2)CCCC1. The summed E-state index contributed by atoms with van der Waals surface area (Å²) in [4.78, 5) is 2.59. The molecule has 0 aromatic carbocycles. The lowest BCUT2D eigenvalue weighted by molar-refractivity contribution is 0.0622. The van der Waals surface area contributed by atoms with E-state index in [1.807, 2.05) is 0 Å². The van der Waals surface area contributed by atoms with Crippen LogP contribution < -0.4 is 5.73 Å². The second-order valence-electron chi connectivity index (χ2n) is 5.00. The van der Waals surface area contributed by atoms with Gasteiger partial charge in [-0.2, -0.15) is 0 Å². The minimum atomic E-state index is -0.0712. The lowest BCUT2D eigenvalue weighted by Crippen LogP contribution is -2.59. The summed E-state index contributed by atoms with van der Waals surface area (Å²) >= 11 is 0. The van der Waals surface area contributed by atoms with Crippen molar-refractivity contribution in [2.45, 2.75) is 56.5 Å². The Labute approximate surface area is 93.2 Å². The first kappa shape index (κ1) is 11.0. The third kappa shape index (κ3) is 1.91. The summed E-state index contributed by atoms with van der Waals surface area (Å²) in [5.74, 6) is 2.78. The van der Waals surface area contributed by atoms with E-state index in [0.29, 0.717) is 0 Å². The quantitative estimate of drug-likeness (QED) is 0.697. The van der Waals surface area contributed by atoms with E-state index < -0.39 is 0 Å². The minimum Gasteiger partial charge on any atom is -0.316 e. The van der Waals surface area contributed by atoms with Crippen molar-refractivity contribution in [2.24, 2.45) is 5.73 Å². The van der Waals surface area contributed by atoms with Gasteiger partial charge in [0.25, 0.3) is 0 Å². The second kappa shape index (κ2) is 4.55. The summed E-state index contributed by atoms with van der Waals surface area (Å²) in [6.07, 6.45) is 14.6. The standard InChI is InChI=1S/C13H22N2/c1-2-12(14)13(8-4-5-9-13)15-10-6-3-7-11-15/h1,12H,3-11,14H2. The molecule has 2 heteroatoms. The topological polar surface area (TPSA) is 29.3 Å². The molecule has 0 spiro atoms. The highest BCUT2D eigenvalue weighted by atomic mass is 15.2. The van der Waals surface area contributed by atoms with Crippen molar-refractivity contribution in [3.05, 3.63) is 0 Å². The molecule has 2 N–H and O–H groups in total. The van der Waals surface area contributed by atoms with E-state index in [4.69, 9.17) is 12.2 Å². The molecule has 2 nitrogen and oxygen atoms in total. The van der Waals surface area contributed by atoms with Crippen molar-refractivity contribution >= 4 is 0 Å². The van der Waals surface area contributed by atoms with Crippen molar-refractivity contribution in [1.82, 2.24) is 4.90 Å². The summed E-state index contributed by atoms with van der Waals surface area (Å²) in [6, 6.07) is -0.0712. The maximum absolute atomic E-state index is 6.17. The van der Waals surface area contributed by atoms with E-state index in [0.717, 1.165) is 0 Å². The molecule has 0 aromatic rings. The molecule has 1 unspecified atom stereocenters.